The zero-order valence-electron chi connectivity index (χ0n) is 13.1. The summed E-state index contributed by atoms with van der Waals surface area (Å²) in [4.78, 5) is 4.73. The van der Waals surface area contributed by atoms with Crippen molar-refractivity contribution in [3.63, 3.8) is 0 Å². The summed E-state index contributed by atoms with van der Waals surface area (Å²) < 4.78 is 13.1. The Morgan fingerprint density at radius 3 is 2.04 bits per heavy atom. The normalized spacial score (nSPS) is 16.5. The lowest BCUT2D eigenvalue weighted by atomic mass is 10.1. The zero-order valence-corrected chi connectivity index (χ0v) is 15.4. The molecule has 0 amide bonds. The van der Waals surface area contributed by atoms with Gasteiger partial charge in [-0.2, -0.15) is 0 Å². The average Bonchev–Trinajstić information content (AvgIpc) is 2.55. The van der Waals surface area contributed by atoms with Gasteiger partial charge in [0.1, 0.15) is 5.82 Å². The molecule has 2 aromatic rings. The Hall–Kier alpha value is -0.840. The highest BCUT2D eigenvalue weighted by molar-refractivity contribution is 6.42. The number of rotatable bonds is 4. The molecule has 0 spiro atoms. The van der Waals surface area contributed by atoms with E-state index in [0.29, 0.717) is 15.1 Å². The molecule has 0 aromatic heterocycles. The minimum atomic E-state index is -0.296. The molecule has 1 heterocycles. The quantitative estimate of drug-likeness (QED) is 0.720. The fraction of sp³-hybridized carbons (Fsp3) is 0.333. The van der Waals surface area contributed by atoms with Gasteiger partial charge in [-0.25, -0.2) is 4.39 Å². The number of nitrogens with zero attached hydrogens (tertiary/aromatic N) is 2. The van der Waals surface area contributed by atoms with E-state index in [4.69, 9.17) is 34.8 Å². The first-order chi connectivity index (χ1) is 11.5. The topological polar surface area (TPSA) is 6.48 Å². The highest BCUT2D eigenvalue weighted by atomic mass is 35.5. The molecule has 0 atom stereocenters. The van der Waals surface area contributed by atoms with E-state index in [1.807, 2.05) is 18.2 Å². The minimum absolute atomic E-state index is 0.296. The average molecular weight is 388 g/mol. The summed E-state index contributed by atoms with van der Waals surface area (Å²) in [6.07, 6.45) is 0. The Kier molecular flexibility index (Phi) is 6.01. The van der Waals surface area contributed by atoms with Crippen LogP contribution >= 0.6 is 34.8 Å². The summed E-state index contributed by atoms with van der Waals surface area (Å²) in [6.45, 7) is 5.46. The van der Waals surface area contributed by atoms with Crippen molar-refractivity contribution in [2.24, 2.45) is 0 Å². The first-order valence-electron chi connectivity index (χ1n) is 7.84. The third-order valence-electron chi connectivity index (χ3n) is 4.26. The highest BCUT2D eigenvalue weighted by Crippen LogP contribution is 2.24. The highest BCUT2D eigenvalue weighted by Gasteiger charge is 2.18. The van der Waals surface area contributed by atoms with E-state index < -0.39 is 0 Å². The van der Waals surface area contributed by atoms with Crippen molar-refractivity contribution in [2.75, 3.05) is 26.2 Å². The van der Waals surface area contributed by atoms with E-state index in [9.17, 15) is 4.39 Å². The van der Waals surface area contributed by atoms with Gasteiger partial charge in [-0.15, -0.1) is 0 Å². The zero-order chi connectivity index (χ0) is 17.1. The molecule has 0 bridgehead atoms. The van der Waals surface area contributed by atoms with Crippen LogP contribution in [0.3, 0.4) is 0 Å². The van der Waals surface area contributed by atoms with Crippen molar-refractivity contribution in [3.8, 4) is 0 Å². The van der Waals surface area contributed by atoms with Crippen molar-refractivity contribution in [1.82, 2.24) is 9.80 Å². The van der Waals surface area contributed by atoms with Crippen LogP contribution in [-0.2, 0) is 13.1 Å². The molecule has 1 aliphatic rings. The Morgan fingerprint density at radius 2 is 1.42 bits per heavy atom. The first kappa shape index (κ1) is 18.0. The summed E-state index contributed by atoms with van der Waals surface area (Å²) in [7, 11) is 0. The van der Waals surface area contributed by atoms with Gasteiger partial charge in [0.2, 0.25) is 0 Å². The first-order valence-corrected chi connectivity index (χ1v) is 8.97. The molecule has 0 unspecified atom stereocenters. The van der Waals surface area contributed by atoms with Crippen LogP contribution in [-0.4, -0.2) is 36.0 Å². The largest absolute Gasteiger partial charge is 0.297 e. The number of halogens is 4. The van der Waals surface area contributed by atoms with Gasteiger partial charge >= 0.3 is 0 Å². The molecule has 0 aliphatic carbocycles. The molecular formula is C18H18Cl3FN2. The van der Waals surface area contributed by atoms with Crippen molar-refractivity contribution in [3.05, 3.63) is 68.4 Å². The molecular weight excluding hydrogens is 370 g/mol. The molecule has 1 saturated heterocycles. The van der Waals surface area contributed by atoms with Gasteiger partial charge < -0.3 is 0 Å². The van der Waals surface area contributed by atoms with Crippen LogP contribution in [0.2, 0.25) is 15.1 Å². The molecule has 128 valence electrons. The summed E-state index contributed by atoms with van der Waals surface area (Å²) in [5, 5.41) is 1.67. The number of benzene rings is 2. The molecule has 1 aliphatic heterocycles. The standard InChI is InChI=1S/C18H18Cl3FN2/c19-16-4-1-13(9-18(16)21)11-23-5-7-24(8-6-23)12-14-2-3-15(22)10-17(14)20/h1-4,9-10H,5-8,11-12H2. The maximum Gasteiger partial charge on any atom is 0.124 e. The Balaban J connectivity index is 1.52. The smallest absolute Gasteiger partial charge is 0.124 e. The number of hydrogen-bond acceptors (Lipinski definition) is 2. The lowest BCUT2D eigenvalue weighted by molar-refractivity contribution is 0.122. The fourth-order valence-electron chi connectivity index (χ4n) is 2.89. The molecule has 24 heavy (non-hydrogen) atoms. The Morgan fingerprint density at radius 1 is 0.750 bits per heavy atom. The maximum absolute atomic E-state index is 13.1. The minimum Gasteiger partial charge on any atom is -0.297 e. The van der Waals surface area contributed by atoms with E-state index in [-0.39, 0.29) is 5.82 Å². The van der Waals surface area contributed by atoms with Crippen molar-refractivity contribution >= 4 is 34.8 Å². The van der Waals surface area contributed by atoms with Gasteiger partial charge in [0.05, 0.1) is 10.0 Å². The van der Waals surface area contributed by atoms with Crippen LogP contribution in [0.4, 0.5) is 4.39 Å². The third kappa shape index (κ3) is 4.62. The Labute approximate surface area is 156 Å². The summed E-state index contributed by atoms with van der Waals surface area (Å²) in [5.41, 5.74) is 2.13. The molecule has 2 aromatic carbocycles. The lowest BCUT2D eigenvalue weighted by Gasteiger charge is -2.35. The van der Waals surface area contributed by atoms with Gasteiger partial charge in [0, 0.05) is 44.3 Å². The predicted molar refractivity (Wildman–Crippen MR) is 98.4 cm³/mol. The number of hydrogen-bond donors (Lipinski definition) is 0. The lowest BCUT2D eigenvalue weighted by Crippen LogP contribution is -2.45. The van der Waals surface area contributed by atoms with E-state index in [2.05, 4.69) is 9.80 Å². The second kappa shape index (κ2) is 8.03. The van der Waals surface area contributed by atoms with Gasteiger partial charge in [-0.1, -0.05) is 46.9 Å². The third-order valence-corrected chi connectivity index (χ3v) is 5.36. The second-order valence-electron chi connectivity index (χ2n) is 6.04. The van der Waals surface area contributed by atoms with Gasteiger partial charge in [-0.05, 0) is 35.4 Å². The SMILES string of the molecule is Fc1ccc(CN2CCN(Cc3ccc(Cl)c(Cl)c3)CC2)c(Cl)c1. The van der Waals surface area contributed by atoms with Crippen LogP contribution in [0.15, 0.2) is 36.4 Å². The maximum atomic E-state index is 13.1. The van der Waals surface area contributed by atoms with Crippen molar-refractivity contribution in [1.29, 1.82) is 0 Å². The number of piperazine rings is 1. The summed E-state index contributed by atoms with van der Waals surface area (Å²) in [6, 6.07) is 10.4. The summed E-state index contributed by atoms with van der Waals surface area (Å²) >= 11 is 18.1. The van der Waals surface area contributed by atoms with Crippen LogP contribution in [0, 0.1) is 5.82 Å². The fourth-order valence-corrected chi connectivity index (χ4v) is 3.44. The molecule has 0 saturated carbocycles. The molecule has 2 nitrogen and oxygen atoms in total. The van der Waals surface area contributed by atoms with Crippen LogP contribution in [0.25, 0.3) is 0 Å². The molecule has 1 fully saturated rings. The Bertz CT molecular complexity index is 715. The summed E-state index contributed by atoms with van der Waals surface area (Å²) in [5.74, 6) is -0.296. The van der Waals surface area contributed by atoms with Gasteiger partial charge in [0.25, 0.3) is 0 Å². The molecule has 0 radical (unpaired) electrons. The molecule has 3 rings (SSSR count). The monoisotopic (exact) mass is 386 g/mol. The molecule has 0 N–H and O–H groups in total. The van der Waals surface area contributed by atoms with Crippen LogP contribution in [0.5, 0.6) is 0 Å². The second-order valence-corrected chi connectivity index (χ2v) is 7.26. The van der Waals surface area contributed by atoms with Crippen molar-refractivity contribution < 1.29 is 4.39 Å². The predicted octanol–water partition coefficient (Wildman–Crippen LogP) is 5.10. The van der Waals surface area contributed by atoms with Gasteiger partial charge in [0.15, 0.2) is 0 Å². The van der Waals surface area contributed by atoms with E-state index in [0.717, 1.165) is 44.8 Å². The van der Waals surface area contributed by atoms with E-state index in [1.54, 1.807) is 6.07 Å². The van der Waals surface area contributed by atoms with Crippen LogP contribution in [0.1, 0.15) is 11.1 Å². The van der Waals surface area contributed by atoms with E-state index >= 15 is 0 Å². The molecule has 6 heteroatoms. The van der Waals surface area contributed by atoms with E-state index in [1.165, 1.54) is 17.7 Å². The van der Waals surface area contributed by atoms with Crippen molar-refractivity contribution in [2.45, 2.75) is 13.1 Å². The van der Waals surface area contributed by atoms with Gasteiger partial charge in [-0.3, -0.25) is 9.80 Å². The van der Waals surface area contributed by atoms with Crippen LogP contribution < -0.4 is 0 Å².